The van der Waals surface area contributed by atoms with E-state index in [1.54, 1.807) is 31.2 Å². The second-order valence-electron chi connectivity index (χ2n) is 8.06. The number of hydrogen-bond acceptors (Lipinski definition) is 6. The lowest BCUT2D eigenvalue weighted by Gasteiger charge is -2.14. The van der Waals surface area contributed by atoms with Crippen LogP contribution in [0.15, 0.2) is 62.9 Å². The van der Waals surface area contributed by atoms with Gasteiger partial charge in [0.2, 0.25) is 0 Å². The van der Waals surface area contributed by atoms with Gasteiger partial charge in [0.1, 0.15) is 11.5 Å². The molecule has 0 aliphatic heterocycles. The molecule has 9 heteroatoms. The van der Waals surface area contributed by atoms with E-state index in [2.05, 4.69) is 15.2 Å². The third kappa shape index (κ3) is 4.84. The molecule has 1 aromatic heterocycles. The number of nitrogens with zero attached hydrogens (tertiary/aromatic N) is 1. The molecule has 2 N–H and O–H groups in total. The Bertz CT molecular complexity index is 1340. The molecule has 0 bridgehead atoms. The Morgan fingerprint density at radius 1 is 1.09 bits per heavy atom. The summed E-state index contributed by atoms with van der Waals surface area (Å²) in [4.78, 5) is 15.5. The number of ether oxygens (including phenoxy) is 1. The molecule has 1 amide bonds. The summed E-state index contributed by atoms with van der Waals surface area (Å²) in [6.45, 7) is 6.01. The zero-order valence-electron chi connectivity index (χ0n) is 19.3. The molecule has 4 rings (SSSR count). The average molecular weight is 482 g/mol. The van der Waals surface area contributed by atoms with Crippen molar-refractivity contribution in [1.82, 2.24) is 4.83 Å². The summed E-state index contributed by atoms with van der Waals surface area (Å²) in [6.07, 6.45) is 1.94. The Morgan fingerprint density at radius 2 is 1.82 bits per heavy atom. The Balaban J connectivity index is 1.60. The number of hydrazone groups is 1. The Labute approximate surface area is 199 Å². The fraction of sp³-hybridized carbons (Fsp3) is 0.280. The van der Waals surface area contributed by atoms with Gasteiger partial charge in [-0.1, -0.05) is 29.8 Å². The summed E-state index contributed by atoms with van der Waals surface area (Å²) < 4.78 is 36.8. The number of hydrogen-bond donors (Lipinski definition) is 2. The SMILES string of the molecule is CCOc1ccccc1NC(=O)c1oc2c(c1C)/C(=N/NS(=O)(=O)c1ccc(C)cc1)CCC2. The van der Waals surface area contributed by atoms with Crippen LogP contribution in [0.4, 0.5) is 5.69 Å². The van der Waals surface area contributed by atoms with Crippen molar-refractivity contribution in [2.24, 2.45) is 5.10 Å². The second-order valence-corrected chi connectivity index (χ2v) is 9.72. The Kier molecular flexibility index (Phi) is 6.74. The smallest absolute Gasteiger partial charge is 0.291 e. The number of aryl methyl sites for hydroxylation is 2. The van der Waals surface area contributed by atoms with E-state index in [4.69, 9.17) is 9.15 Å². The maximum absolute atomic E-state index is 13.0. The van der Waals surface area contributed by atoms with Crippen LogP contribution < -0.4 is 14.9 Å². The van der Waals surface area contributed by atoms with Crippen molar-refractivity contribution in [3.63, 3.8) is 0 Å². The molecule has 0 saturated carbocycles. The predicted octanol–water partition coefficient (Wildman–Crippen LogP) is 4.57. The number of para-hydroxylation sites is 2. The molecule has 1 heterocycles. The third-order valence-corrected chi connectivity index (χ3v) is 6.82. The maximum Gasteiger partial charge on any atom is 0.291 e. The highest BCUT2D eigenvalue weighted by Gasteiger charge is 2.29. The topological polar surface area (TPSA) is 110 Å². The lowest BCUT2D eigenvalue weighted by Crippen LogP contribution is -2.22. The van der Waals surface area contributed by atoms with Crippen LogP contribution in [-0.4, -0.2) is 26.6 Å². The van der Waals surface area contributed by atoms with Crippen LogP contribution in [-0.2, 0) is 16.4 Å². The van der Waals surface area contributed by atoms with Gasteiger partial charge in [0, 0.05) is 17.5 Å². The van der Waals surface area contributed by atoms with E-state index in [0.717, 1.165) is 12.0 Å². The average Bonchev–Trinajstić information content (AvgIpc) is 3.17. The first-order valence-electron chi connectivity index (χ1n) is 11.1. The van der Waals surface area contributed by atoms with Gasteiger partial charge in [0.05, 0.1) is 22.9 Å². The minimum absolute atomic E-state index is 0.135. The number of anilines is 1. The lowest BCUT2D eigenvalue weighted by molar-refractivity contribution is 0.0993. The van der Waals surface area contributed by atoms with Crippen LogP contribution in [0.1, 0.15) is 52.8 Å². The Hall–Kier alpha value is -3.59. The van der Waals surface area contributed by atoms with E-state index >= 15 is 0 Å². The molecule has 178 valence electrons. The van der Waals surface area contributed by atoms with Gasteiger partial charge in [-0.2, -0.15) is 18.4 Å². The fourth-order valence-electron chi connectivity index (χ4n) is 3.91. The molecule has 0 fully saturated rings. The van der Waals surface area contributed by atoms with Crippen molar-refractivity contribution in [1.29, 1.82) is 0 Å². The van der Waals surface area contributed by atoms with Crippen LogP contribution >= 0.6 is 0 Å². The van der Waals surface area contributed by atoms with Crippen LogP contribution in [0.2, 0.25) is 0 Å². The summed E-state index contributed by atoms with van der Waals surface area (Å²) in [5.41, 5.74) is 3.36. The minimum Gasteiger partial charge on any atom is -0.492 e. The van der Waals surface area contributed by atoms with Crippen molar-refractivity contribution in [2.75, 3.05) is 11.9 Å². The number of carbonyl (C=O) groups excluding carboxylic acids is 1. The van der Waals surface area contributed by atoms with E-state index in [0.29, 0.717) is 53.5 Å². The molecule has 1 aliphatic carbocycles. The largest absolute Gasteiger partial charge is 0.492 e. The van der Waals surface area contributed by atoms with Gasteiger partial charge in [-0.15, -0.1) is 0 Å². The van der Waals surface area contributed by atoms with Gasteiger partial charge < -0.3 is 14.5 Å². The summed E-state index contributed by atoms with van der Waals surface area (Å²) >= 11 is 0. The first kappa shape index (κ1) is 23.6. The van der Waals surface area contributed by atoms with Crippen molar-refractivity contribution >= 4 is 27.3 Å². The summed E-state index contributed by atoms with van der Waals surface area (Å²) in [6, 6.07) is 13.7. The summed E-state index contributed by atoms with van der Waals surface area (Å²) in [5, 5.41) is 7.07. The van der Waals surface area contributed by atoms with Gasteiger partial charge >= 0.3 is 0 Å². The maximum atomic E-state index is 13.0. The molecule has 0 unspecified atom stereocenters. The van der Waals surface area contributed by atoms with Crippen LogP contribution in [0, 0.1) is 13.8 Å². The number of sulfonamides is 1. The van der Waals surface area contributed by atoms with Crippen LogP contribution in [0.3, 0.4) is 0 Å². The number of benzene rings is 2. The minimum atomic E-state index is -3.81. The first-order chi connectivity index (χ1) is 16.3. The Morgan fingerprint density at radius 3 is 2.56 bits per heavy atom. The highest BCUT2D eigenvalue weighted by molar-refractivity contribution is 7.89. The molecule has 0 atom stereocenters. The fourth-order valence-corrected chi connectivity index (χ4v) is 4.74. The highest BCUT2D eigenvalue weighted by Crippen LogP contribution is 2.31. The van der Waals surface area contributed by atoms with Crippen molar-refractivity contribution in [3.8, 4) is 5.75 Å². The molecular formula is C25H27N3O5S. The molecule has 0 saturated heterocycles. The molecule has 8 nitrogen and oxygen atoms in total. The van der Waals surface area contributed by atoms with Crippen molar-refractivity contribution < 1.29 is 22.4 Å². The number of carbonyl (C=O) groups is 1. The van der Waals surface area contributed by atoms with Crippen LogP contribution in [0.5, 0.6) is 5.75 Å². The molecule has 0 spiro atoms. The van der Waals surface area contributed by atoms with Crippen LogP contribution in [0.25, 0.3) is 0 Å². The molecule has 1 aliphatic rings. The number of nitrogens with one attached hydrogen (secondary N) is 2. The van der Waals surface area contributed by atoms with Gasteiger partial charge in [-0.25, -0.2) is 0 Å². The van der Waals surface area contributed by atoms with E-state index in [1.807, 2.05) is 26.0 Å². The van der Waals surface area contributed by atoms with E-state index in [-0.39, 0.29) is 10.7 Å². The zero-order chi connectivity index (χ0) is 24.3. The van der Waals surface area contributed by atoms with Gasteiger partial charge in [-0.05, 0) is 57.9 Å². The monoisotopic (exact) mass is 481 g/mol. The van der Waals surface area contributed by atoms with E-state index < -0.39 is 15.9 Å². The molecule has 34 heavy (non-hydrogen) atoms. The molecule has 0 radical (unpaired) electrons. The molecule has 3 aromatic rings. The molecule has 2 aromatic carbocycles. The standard InChI is InChI=1S/C25H27N3O5S/c1-4-32-21-10-6-5-8-19(21)26-25(29)24-17(3)23-20(9-7-11-22(23)33-24)27-28-34(30,31)18-14-12-16(2)13-15-18/h5-6,8,10,12-15,28H,4,7,9,11H2,1-3H3,(H,26,29)/b27-20+. The van der Waals surface area contributed by atoms with Crippen molar-refractivity contribution in [2.45, 2.75) is 44.9 Å². The summed E-state index contributed by atoms with van der Waals surface area (Å²) in [5.74, 6) is 0.964. The number of amides is 1. The van der Waals surface area contributed by atoms with E-state index in [9.17, 15) is 13.2 Å². The van der Waals surface area contributed by atoms with Gasteiger partial charge in [-0.3, -0.25) is 4.79 Å². The lowest BCUT2D eigenvalue weighted by atomic mass is 9.93. The van der Waals surface area contributed by atoms with Gasteiger partial charge in [0.25, 0.3) is 15.9 Å². The number of furan rings is 1. The summed E-state index contributed by atoms with van der Waals surface area (Å²) in [7, 11) is -3.81. The van der Waals surface area contributed by atoms with Crippen molar-refractivity contribution in [3.05, 3.63) is 76.7 Å². The quantitative estimate of drug-likeness (QED) is 0.481. The third-order valence-electron chi connectivity index (χ3n) is 5.60. The van der Waals surface area contributed by atoms with Gasteiger partial charge in [0.15, 0.2) is 5.76 Å². The first-order valence-corrected chi connectivity index (χ1v) is 12.6. The zero-order valence-corrected chi connectivity index (χ0v) is 20.2. The van der Waals surface area contributed by atoms with E-state index in [1.165, 1.54) is 12.1 Å². The molecular weight excluding hydrogens is 454 g/mol. The predicted molar refractivity (Wildman–Crippen MR) is 130 cm³/mol. The highest BCUT2D eigenvalue weighted by atomic mass is 32.2. The second kappa shape index (κ2) is 9.72. The number of fused-ring (bicyclic) bond motifs is 1. The normalized spacial score (nSPS) is 14.5. The number of rotatable bonds is 7.